The van der Waals surface area contributed by atoms with Crippen LogP contribution in [0, 0.1) is 0 Å². The van der Waals surface area contributed by atoms with Gasteiger partial charge in [0, 0.05) is 18.8 Å². The third-order valence-corrected chi connectivity index (χ3v) is 4.45. The summed E-state index contributed by atoms with van der Waals surface area (Å²) in [5.41, 5.74) is 1.25. The number of aromatic nitrogens is 2. The standard InChI is InChI=1S/C19H26N4O/c1-24-17-9-5-6-15(14-17)10-12-20-18-11-13-21-19(23-18)22-16-7-3-2-4-8-16/h5-6,9,11,13-14,16H,2-4,7-8,10,12H2,1H3,(H2,20,21,22,23). The minimum atomic E-state index is 0.519. The zero-order chi connectivity index (χ0) is 16.6. The van der Waals surface area contributed by atoms with Crippen molar-refractivity contribution in [3.63, 3.8) is 0 Å². The fourth-order valence-corrected chi connectivity index (χ4v) is 3.12. The van der Waals surface area contributed by atoms with Crippen LogP contribution in [0.15, 0.2) is 36.5 Å². The maximum Gasteiger partial charge on any atom is 0.224 e. The van der Waals surface area contributed by atoms with Crippen molar-refractivity contribution in [2.75, 3.05) is 24.3 Å². The van der Waals surface area contributed by atoms with Gasteiger partial charge in [-0.05, 0) is 43.0 Å². The van der Waals surface area contributed by atoms with Gasteiger partial charge in [0.2, 0.25) is 5.95 Å². The molecule has 0 spiro atoms. The molecule has 1 aliphatic carbocycles. The van der Waals surface area contributed by atoms with Crippen LogP contribution >= 0.6 is 0 Å². The number of anilines is 2. The molecule has 3 rings (SSSR count). The molecule has 1 aromatic carbocycles. The predicted octanol–water partition coefficient (Wildman–Crippen LogP) is 3.88. The monoisotopic (exact) mass is 326 g/mol. The third-order valence-electron chi connectivity index (χ3n) is 4.45. The second-order valence-corrected chi connectivity index (χ2v) is 6.27. The van der Waals surface area contributed by atoms with E-state index in [4.69, 9.17) is 4.74 Å². The molecule has 5 heteroatoms. The van der Waals surface area contributed by atoms with Crippen molar-refractivity contribution in [3.05, 3.63) is 42.1 Å². The molecule has 5 nitrogen and oxygen atoms in total. The van der Waals surface area contributed by atoms with Gasteiger partial charge in [0.25, 0.3) is 0 Å². The molecule has 1 aromatic heterocycles. The van der Waals surface area contributed by atoms with Crippen LogP contribution in [0.3, 0.4) is 0 Å². The van der Waals surface area contributed by atoms with Gasteiger partial charge in [-0.2, -0.15) is 4.98 Å². The van der Waals surface area contributed by atoms with Crippen molar-refractivity contribution in [3.8, 4) is 5.75 Å². The van der Waals surface area contributed by atoms with Gasteiger partial charge in [0.1, 0.15) is 11.6 Å². The molecule has 0 unspecified atom stereocenters. The van der Waals surface area contributed by atoms with Gasteiger partial charge in [-0.25, -0.2) is 4.98 Å². The number of hydrogen-bond acceptors (Lipinski definition) is 5. The van der Waals surface area contributed by atoms with Crippen molar-refractivity contribution in [2.24, 2.45) is 0 Å². The number of nitrogens with one attached hydrogen (secondary N) is 2. The molecule has 1 heterocycles. The summed E-state index contributed by atoms with van der Waals surface area (Å²) in [6, 6.07) is 10.6. The van der Waals surface area contributed by atoms with Crippen LogP contribution in [-0.2, 0) is 6.42 Å². The molecule has 0 saturated heterocycles. The fraction of sp³-hybridized carbons (Fsp3) is 0.474. The van der Waals surface area contributed by atoms with Gasteiger partial charge in [-0.15, -0.1) is 0 Å². The average Bonchev–Trinajstić information content (AvgIpc) is 2.63. The molecular formula is C19H26N4O. The number of hydrogen-bond donors (Lipinski definition) is 2. The molecule has 0 bridgehead atoms. The van der Waals surface area contributed by atoms with Crippen LogP contribution in [0.1, 0.15) is 37.7 Å². The highest BCUT2D eigenvalue weighted by molar-refractivity contribution is 5.40. The van der Waals surface area contributed by atoms with Crippen molar-refractivity contribution in [1.82, 2.24) is 9.97 Å². The van der Waals surface area contributed by atoms with Crippen LogP contribution in [0.25, 0.3) is 0 Å². The molecule has 0 atom stereocenters. The normalized spacial score (nSPS) is 15.0. The SMILES string of the molecule is COc1cccc(CCNc2ccnc(NC3CCCCC3)n2)c1. The summed E-state index contributed by atoms with van der Waals surface area (Å²) in [7, 11) is 1.69. The van der Waals surface area contributed by atoms with Gasteiger partial charge in [0.05, 0.1) is 7.11 Å². The average molecular weight is 326 g/mol. The van der Waals surface area contributed by atoms with Gasteiger partial charge >= 0.3 is 0 Å². The zero-order valence-electron chi connectivity index (χ0n) is 14.3. The van der Waals surface area contributed by atoms with E-state index < -0.39 is 0 Å². The van der Waals surface area contributed by atoms with E-state index in [1.807, 2.05) is 24.4 Å². The predicted molar refractivity (Wildman–Crippen MR) is 97.7 cm³/mol. The van der Waals surface area contributed by atoms with E-state index in [2.05, 4.69) is 32.7 Å². The smallest absolute Gasteiger partial charge is 0.224 e. The molecular weight excluding hydrogens is 300 g/mol. The van der Waals surface area contributed by atoms with Crippen molar-refractivity contribution in [2.45, 2.75) is 44.6 Å². The van der Waals surface area contributed by atoms with Gasteiger partial charge in [-0.3, -0.25) is 0 Å². The molecule has 0 radical (unpaired) electrons. The second kappa shape index (κ2) is 8.52. The first-order valence-corrected chi connectivity index (χ1v) is 8.80. The van der Waals surface area contributed by atoms with Crippen LogP contribution in [0.5, 0.6) is 5.75 Å². The van der Waals surface area contributed by atoms with Gasteiger partial charge < -0.3 is 15.4 Å². The summed E-state index contributed by atoms with van der Waals surface area (Å²) in [6.07, 6.45) is 9.13. The Kier molecular flexibility index (Phi) is 5.88. The molecule has 0 amide bonds. The Morgan fingerprint density at radius 3 is 2.88 bits per heavy atom. The Bertz CT molecular complexity index is 641. The number of ether oxygens (including phenoxy) is 1. The van der Waals surface area contributed by atoms with Crippen LogP contribution in [0.2, 0.25) is 0 Å². The van der Waals surface area contributed by atoms with Crippen molar-refractivity contribution in [1.29, 1.82) is 0 Å². The highest BCUT2D eigenvalue weighted by atomic mass is 16.5. The highest BCUT2D eigenvalue weighted by Gasteiger charge is 2.14. The molecule has 0 aliphatic heterocycles. The molecule has 1 aliphatic rings. The number of rotatable bonds is 7. The van der Waals surface area contributed by atoms with Crippen molar-refractivity contribution < 1.29 is 4.74 Å². The molecule has 1 fully saturated rings. The summed E-state index contributed by atoms with van der Waals surface area (Å²) in [5.74, 6) is 2.49. The Morgan fingerprint density at radius 2 is 2.04 bits per heavy atom. The highest BCUT2D eigenvalue weighted by Crippen LogP contribution is 2.20. The van der Waals surface area contributed by atoms with E-state index in [0.717, 1.165) is 30.5 Å². The lowest BCUT2D eigenvalue weighted by Gasteiger charge is -2.22. The van der Waals surface area contributed by atoms with E-state index in [0.29, 0.717) is 6.04 Å². The Hall–Kier alpha value is -2.30. The summed E-state index contributed by atoms with van der Waals surface area (Å²) in [4.78, 5) is 8.92. The van der Waals surface area contributed by atoms with E-state index in [9.17, 15) is 0 Å². The summed E-state index contributed by atoms with van der Waals surface area (Å²) < 4.78 is 5.26. The van der Waals surface area contributed by atoms with Crippen LogP contribution in [-0.4, -0.2) is 29.7 Å². The Labute approximate surface area is 143 Å². The lowest BCUT2D eigenvalue weighted by Crippen LogP contribution is -2.23. The van der Waals surface area contributed by atoms with Gasteiger partial charge in [0.15, 0.2) is 0 Å². The van der Waals surface area contributed by atoms with E-state index in [1.54, 1.807) is 7.11 Å². The van der Waals surface area contributed by atoms with Crippen molar-refractivity contribution >= 4 is 11.8 Å². The summed E-state index contributed by atoms with van der Waals surface area (Å²) >= 11 is 0. The maximum absolute atomic E-state index is 5.26. The number of methoxy groups -OCH3 is 1. The molecule has 128 valence electrons. The zero-order valence-corrected chi connectivity index (χ0v) is 14.3. The molecule has 1 saturated carbocycles. The van der Waals surface area contributed by atoms with E-state index in [1.165, 1.54) is 37.7 Å². The summed E-state index contributed by atoms with van der Waals surface area (Å²) in [6.45, 7) is 0.826. The van der Waals surface area contributed by atoms with Crippen LogP contribution in [0.4, 0.5) is 11.8 Å². The minimum absolute atomic E-state index is 0.519. The van der Waals surface area contributed by atoms with E-state index >= 15 is 0 Å². The first-order chi connectivity index (χ1) is 11.8. The number of nitrogens with zero attached hydrogens (tertiary/aromatic N) is 2. The lowest BCUT2D eigenvalue weighted by atomic mass is 9.96. The lowest BCUT2D eigenvalue weighted by molar-refractivity contribution is 0.414. The minimum Gasteiger partial charge on any atom is -0.497 e. The molecule has 2 aromatic rings. The third kappa shape index (κ3) is 4.85. The Balaban J connectivity index is 1.50. The first kappa shape index (κ1) is 16.6. The van der Waals surface area contributed by atoms with E-state index in [-0.39, 0.29) is 0 Å². The molecule has 24 heavy (non-hydrogen) atoms. The largest absolute Gasteiger partial charge is 0.497 e. The quantitative estimate of drug-likeness (QED) is 0.808. The fourth-order valence-electron chi connectivity index (χ4n) is 3.12. The first-order valence-electron chi connectivity index (χ1n) is 8.80. The van der Waals surface area contributed by atoms with Gasteiger partial charge in [-0.1, -0.05) is 31.4 Å². The Morgan fingerprint density at radius 1 is 1.17 bits per heavy atom. The van der Waals surface area contributed by atoms with Crippen LogP contribution < -0.4 is 15.4 Å². The summed E-state index contributed by atoms with van der Waals surface area (Å²) in [5, 5.41) is 6.84. The second-order valence-electron chi connectivity index (χ2n) is 6.27. The maximum atomic E-state index is 5.26. The number of benzene rings is 1. The molecule has 2 N–H and O–H groups in total. The topological polar surface area (TPSA) is 59.1 Å².